The van der Waals surface area contributed by atoms with Crippen molar-refractivity contribution in [2.75, 3.05) is 19.6 Å². The molecule has 1 aromatic rings. The van der Waals surface area contributed by atoms with Crippen molar-refractivity contribution in [1.29, 1.82) is 0 Å². The molecule has 0 saturated carbocycles. The third-order valence-electron chi connectivity index (χ3n) is 3.10. The van der Waals surface area contributed by atoms with Gasteiger partial charge in [0.15, 0.2) is 0 Å². The summed E-state index contributed by atoms with van der Waals surface area (Å²) in [4.78, 5) is 25.1. The molecule has 0 spiro atoms. The van der Waals surface area contributed by atoms with Gasteiger partial charge < -0.3 is 10.2 Å². The molecule has 0 aromatic heterocycles. The summed E-state index contributed by atoms with van der Waals surface area (Å²) in [6.07, 6.45) is 5.31. The van der Waals surface area contributed by atoms with Crippen LogP contribution in [-0.2, 0) is 9.59 Å². The van der Waals surface area contributed by atoms with Crippen LogP contribution in [0.5, 0.6) is 0 Å². The maximum absolute atomic E-state index is 11.7. The first-order valence-corrected chi connectivity index (χ1v) is 6.54. The lowest BCUT2D eigenvalue weighted by Crippen LogP contribution is -2.38. The quantitative estimate of drug-likeness (QED) is 0.831. The molecule has 4 heteroatoms. The fourth-order valence-electron chi connectivity index (χ4n) is 2.04. The van der Waals surface area contributed by atoms with Crippen LogP contribution in [0.4, 0.5) is 0 Å². The van der Waals surface area contributed by atoms with Crippen molar-refractivity contribution in [3.05, 3.63) is 42.0 Å². The predicted molar refractivity (Wildman–Crippen MR) is 74.3 cm³/mol. The Bertz CT molecular complexity index is 462. The molecule has 0 bridgehead atoms. The van der Waals surface area contributed by atoms with Crippen LogP contribution in [0, 0.1) is 0 Å². The molecule has 100 valence electrons. The number of carbonyl (C=O) groups is 2. The Morgan fingerprint density at radius 2 is 1.84 bits per heavy atom. The van der Waals surface area contributed by atoms with Crippen LogP contribution in [0.3, 0.4) is 0 Å². The number of hydrogen-bond acceptors (Lipinski definition) is 2. The average molecular weight is 258 g/mol. The Kier molecular flexibility index (Phi) is 4.72. The second-order valence-electron chi connectivity index (χ2n) is 4.55. The summed E-state index contributed by atoms with van der Waals surface area (Å²) in [6.45, 7) is 1.71. The SMILES string of the molecule is O=C(/C=C/c1ccccc1)NCC(=O)N1CCCC1. The molecule has 0 unspecified atom stereocenters. The van der Waals surface area contributed by atoms with E-state index in [0.717, 1.165) is 31.5 Å². The fourth-order valence-corrected chi connectivity index (χ4v) is 2.04. The molecule has 1 heterocycles. The van der Waals surface area contributed by atoms with Crippen molar-refractivity contribution in [3.63, 3.8) is 0 Å². The molecule has 2 rings (SSSR count). The maximum atomic E-state index is 11.7. The van der Waals surface area contributed by atoms with E-state index < -0.39 is 0 Å². The molecule has 1 saturated heterocycles. The number of nitrogens with one attached hydrogen (secondary N) is 1. The van der Waals surface area contributed by atoms with E-state index in [1.807, 2.05) is 30.3 Å². The summed E-state index contributed by atoms with van der Waals surface area (Å²) < 4.78 is 0. The maximum Gasteiger partial charge on any atom is 0.244 e. The van der Waals surface area contributed by atoms with E-state index >= 15 is 0 Å². The Balaban J connectivity index is 1.75. The standard InChI is InChI=1S/C15H18N2O2/c18-14(9-8-13-6-2-1-3-7-13)16-12-15(19)17-10-4-5-11-17/h1-3,6-9H,4-5,10-12H2,(H,16,18)/b9-8+. The van der Waals surface area contributed by atoms with Crippen LogP contribution >= 0.6 is 0 Å². The normalized spacial score (nSPS) is 14.8. The fraction of sp³-hybridized carbons (Fsp3) is 0.333. The van der Waals surface area contributed by atoms with Crippen LogP contribution < -0.4 is 5.32 Å². The topological polar surface area (TPSA) is 49.4 Å². The average Bonchev–Trinajstić information content (AvgIpc) is 2.98. The Morgan fingerprint density at radius 3 is 2.53 bits per heavy atom. The highest BCUT2D eigenvalue weighted by Crippen LogP contribution is 2.06. The minimum atomic E-state index is -0.239. The first kappa shape index (κ1) is 13.3. The molecule has 2 amide bonds. The van der Waals surface area contributed by atoms with Gasteiger partial charge in [0.1, 0.15) is 0 Å². The molecule has 1 N–H and O–H groups in total. The van der Waals surface area contributed by atoms with Gasteiger partial charge in [0, 0.05) is 19.2 Å². The highest BCUT2D eigenvalue weighted by atomic mass is 16.2. The Hall–Kier alpha value is -2.10. The molecule has 1 aliphatic heterocycles. The molecule has 4 nitrogen and oxygen atoms in total. The highest BCUT2D eigenvalue weighted by molar-refractivity contribution is 5.94. The van der Waals surface area contributed by atoms with Gasteiger partial charge in [0.25, 0.3) is 0 Å². The van der Waals surface area contributed by atoms with E-state index in [1.165, 1.54) is 6.08 Å². The Labute approximate surface area is 113 Å². The van der Waals surface area contributed by atoms with Gasteiger partial charge in [-0.25, -0.2) is 0 Å². The molecule has 0 aliphatic carbocycles. The first-order chi connectivity index (χ1) is 9.25. The lowest BCUT2D eigenvalue weighted by molar-refractivity contribution is -0.131. The van der Waals surface area contributed by atoms with Crippen molar-refractivity contribution in [2.24, 2.45) is 0 Å². The number of benzene rings is 1. The molecule has 19 heavy (non-hydrogen) atoms. The van der Waals surface area contributed by atoms with E-state index in [2.05, 4.69) is 5.32 Å². The van der Waals surface area contributed by atoms with Gasteiger partial charge in [0.05, 0.1) is 6.54 Å². The van der Waals surface area contributed by atoms with Crippen LogP contribution in [0.25, 0.3) is 6.08 Å². The summed E-state index contributed by atoms with van der Waals surface area (Å²) in [5.41, 5.74) is 0.962. The molecule has 0 atom stereocenters. The zero-order chi connectivity index (χ0) is 13.5. The van der Waals surface area contributed by atoms with Crippen LogP contribution in [0.15, 0.2) is 36.4 Å². The summed E-state index contributed by atoms with van der Waals surface area (Å²) >= 11 is 0. The molecule has 1 fully saturated rings. The molecule has 0 radical (unpaired) electrons. The first-order valence-electron chi connectivity index (χ1n) is 6.54. The van der Waals surface area contributed by atoms with Crippen LogP contribution in [0.2, 0.25) is 0 Å². The zero-order valence-corrected chi connectivity index (χ0v) is 10.8. The lowest BCUT2D eigenvalue weighted by Gasteiger charge is -2.14. The molecular weight excluding hydrogens is 240 g/mol. The zero-order valence-electron chi connectivity index (χ0n) is 10.8. The molecular formula is C15H18N2O2. The van der Waals surface area contributed by atoms with Crippen molar-refractivity contribution < 1.29 is 9.59 Å². The van der Waals surface area contributed by atoms with Crippen molar-refractivity contribution in [3.8, 4) is 0 Å². The smallest absolute Gasteiger partial charge is 0.244 e. The second-order valence-corrected chi connectivity index (χ2v) is 4.55. The number of carbonyl (C=O) groups excluding carboxylic acids is 2. The highest BCUT2D eigenvalue weighted by Gasteiger charge is 2.17. The van der Waals surface area contributed by atoms with Crippen molar-refractivity contribution in [2.45, 2.75) is 12.8 Å². The predicted octanol–water partition coefficient (Wildman–Crippen LogP) is 1.44. The van der Waals surface area contributed by atoms with E-state index in [-0.39, 0.29) is 18.4 Å². The van der Waals surface area contributed by atoms with Gasteiger partial charge in [-0.1, -0.05) is 30.3 Å². The van der Waals surface area contributed by atoms with Gasteiger partial charge in [-0.15, -0.1) is 0 Å². The van der Waals surface area contributed by atoms with Crippen molar-refractivity contribution in [1.82, 2.24) is 10.2 Å². The van der Waals surface area contributed by atoms with E-state index in [1.54, 1.807) is 11.0 Å². The molecule has 1 aromatic carbocycles. The van der Waals surface area contributed by atoms with E-state index in [4.69, 9.17) is 0 Å². The monoisotopic (exact) mass is 258 g/mol. The van der Waals surface area contributed by atoms with Gasteiger partial charge in [-0.2, -0.15) is 0 Å². The van der Waals surface area contributed by atoms with Gasteiger partial charge in [0.2, 0.25) is 11.8 Å². The third kappa shape index (κ3) is 4.25. The number of likely N-dealkylation sites (tertiary alicyclic amines) is 1. The van der Waals surface area contributed by atoms with Crippen molar-refractivity contribution >= 4 is 17.9 Å². The summed E-state index contributed by atoms with van der Waals surface area (Å²) in [6, 6.07) is 9.58. The third-order valence-corrected chi connectivity index (χ3v) is 3.10. The van der Waals surface area contributed by atoms with E-state index in [9.17, 15) is 9.59 Å². The van der Waals surface area contributed by atoms with Gasteiger partial charge in [-0.3, -0.25) is 9.59 Å². The molecule has 1 aliphatic rings. The van der Waals surface area contributed by atoms with Crippen LogP contribution in [0.1, 0.15) is 18.4 Å². The number of hydrogen-bond donors (Lipinski definition) is 1. The summed E-state index contributed by atoms with van der Waals surface area (Å²) in [5.74, 6) is -0.240. The Morgan fingerprint density at radius 1 is 1.16 bits per heavy atom. The lowest BCUT2D eigenvalue weighted by atomic mass is 10.2. The van der Waals surface area contributed by atoms with Gasteiger partial charge in [-0.05, 0) is 24.5 Å². The minimum absolute atomic E-state index is 0.000962. The van der Waals surface area contributed by atoms with E-state index in [0.29, 0.717) is 0 Å². The van der Waals surface area contributed by atoms with Gasteiger partial charge >= 0.3 is 0 Å². The number of amides is 2. The largest absolute Gasteiger partial charge is 0.343 e. The second kappa shape index (κ2) is 6.73. The summed E-state index contributed by atoms with van der Waals surface area (Å²) in [5, 5.41) is 2.61. The number of nitrogens with zero attached hydrogens (tertiary/aromatic N) is 1. The number of rotatable bonds is 4. The van der Waals surface area contributed by atoms with Crippen LogP contribution in [-0.4, -0.2) is 36.3 Å². The summed E-state index contributed by atoms with van der Waals surface area (Å²) in [7, 11) is 0. The minimum Gasteiger partial charge on any atom is -0.343 e.